The summed E-state index contributed by atoms with van der Waals surface area (Å²) in [6, 6.07) is 0. The van der Waals surface area contributed by atoms with Crippen LogP contribution in [0.5, 0.6) is 0 Å². The van der Waals surface area contributed by atoms with Gasteiger partial charge in [-0.2, -0.15) is 0 Å². The topological polar surface area (TPSA) is 78.9 Å². The fourth-order valence-corrected chi connectivity index (χ4v) is 10.3. The van der Waals surface area contributed by atoms with Crippen LogP contribution in [0.4, 0.5) is 0 Å². The predicted molar refractivity (Wildman–Crippen MR) is 339 cm³/mol. The van der Waals surface area contributed by atoms with Crippen LogP contribution in [-0.2, 0) is 28.6 Å². The molecule has 6 nitrogen and oxygen atoms in total. The average Bonchev–Trinajstić information content (AvgIpc) is 3.44. The summed E-state index contributed by atoms with van der Waals surface area (Å²) in [6.45, 7) is 6.62. The normalized spacial score (nSPS) is 12.3. The minimum absolute atomic E-state index is 0.0709. The highest BCUT2D eigenvalue weighted by Gasteiger charge is 2.19. The number of ether oxygens (including phenoxy) is 3. The van der Waals surface area contributed by atoms with Crippen molar-refractivity contribution in [2.75, 3.05) is 13.2 Å². The Bertz CT molecular complexity index is 1350. The molecule has 0 spiro atoms. The maximum atomic E-state index is 12.9. The lowest BCUT2D eigenvalue weighted by molar-refractivity contribution is -0.167. The van der Waals surface area contributed by atoms with Gasteiger partial charge in [0.15, 0.2) is 6.10 Å². The van der Waals surface area contributed by atoms with Crippen molar-refractivity contribution in [3.63, 3.8) is 0 Å². The van der Waals surface area contributed by atoms with Gasteiger partial charge in [0.2, 0.25) is 0 Å². The van der Waals surface area contributed by atoms with E-state index in [4.69, 9.17) is 14.2 Å². The van der Waals surface area contributed by atoms with E-state index < -0.39 is 6.10 Å². The Morgan fingerprint density at radius 1 is 0.256 bits per heavy atom. The number of unbranched alkanes of at least 4 members (excludes halogenated alkanes) is 45. The van der Waals surface area contributed by atoms with Crippen molar-refractivity contribution in [2.45, 2.75) is 380 Å². The molecule has 0 heterocycles. The second-order valence-corrected chi connectivity index (χ2v) is 23.4. The maximum Gasteiger partial charge on any atom is 0.306 e. The molecule has 0 aromatic heterocycles. The molecule has 0 radical (unpaired) electrons. The second kappa shape index (κ2) is 66.9. The van der Waals surface area contributed by atoms with Crippen LogP contribution in [0.1, 0.15) is 374 Å². The largest absolute Gasteiger partial charge is 0.462 e. The molecule has 0 amide bonds. The smallest absolute Gasteiger partial charge is 0.306 e. The van der Waals surface area contributed by atoms with Gasteiger partial charge < -0.3 is 14.2 Å². The number of allylic oxidation sites excluding steroid dienone is 8. The van der Waals surface area contributed by atoms with E-state index >= 15 is 0 Å². The van der Waals surface area contributed by atoms with Crippen LogP contribution in [0.15, 0.2) is 48.6 Å². The summed E-state index contributed by atoms with van der Waals surface area (Å²) in [5.74, 6) is -0.864. The molecule has 1 unspecified atom stereocenters. The minimum atomic E-state index is -0.771. The molecule has 0 aliphatic carbocycles. The molecular weight excluding hydrogens is 961 g/mol. The summed E-state index contributed by atoms with van der Waals surface area (Å²) in [4.78, 5) is 38.1. The fraction of sp³-hybridized carbons (Fsp3) is 0.847. The highest BCUT2D eigenvalue weighted by molar-refractivity contribution is 5.71. The van der Waals surface area contributed by atoms with Crippen molar-refractivity contribution in [3.8, 4) is 0 Å². The molecule has 0 fully saturated rings. The van der Waals surface area contributed by atoms with E-state index in [-0.39, 0.29) is 31.1 Å². The van der Waals surface area contributed by atoms with Gasteiger partial charge in [-0.15, -0.1) is 0 Å². The Morgan fingerprint density at radius 3 is 0.731 bits per heavy atom. The third-order valence-electron chi connectivity index (χ3n) is 15.6. The molecule has 456 valence electrons. The number of carbonyl (C=O) groups excluding carboxylic acids is 3. The van der Waals surface area contributed by atoms with Crippen molar-refractivity contribution in [1.29, 1.82) is 0 Å². The SMILES string of the molecule is CCCCCCC/C=C\C/C=C\C/C=C\CCCCCCCCCCCCC(=O)OC(COC(=O)CCCCCCCC)COC(=O)CCCCCCCCCCCCCCCCCCC/C=C\CCCCCCCCCC. The molecule has 0 aromatic carbocycles. The number of carbonyl (C=O) groups is 3. The molecule has 0 N–H and O–H groups in total. The molecule has 0 saturated carbocycles. The number of esters is 3. The van der Waals surface area contributed by atoms with Gasteiger partial charge in [-0.1, -0.05) is 320 Å². The highest BCUT2D eigenvalue weighted by Crippen LogP contribution is 2.18. The second-order valence-electron chi connectivity index (χ2n) is 23.4. The summed E-state index contributed by atoms with van der Waals surface area (Å²) < 4.78 is 16.8. The van der Waals surface area contributed by atoms with Crippen molar-refractivity contribution in [3.05, 3.63) is 48.6 Å². The molecule has 6 heteroatoms. The highest BCUT2D eigenvalue weighted by atomic mass is 16.6. The van der Waals surface area contributed by atoms with E-state index in [9.17, 15) is 14.4 Å². The van der Waals surface area contributed by atoms with Gasteiger partial charge in [-0.25, -0.2) is 0 Å². The first-order valence-electron chi connectivity index (χ1n) is 34.6. The van der Waals surface area contributed by atoms with Crippen LogP contribution < -0.4 is 0 Å². The number of hydrogen-bond donors (Lipinski definition) is 0. The lowest BCUT2D eigenvalue weighted by atomic mass is 10.0. The van der Waals surface area contributed by atoms with Gasteiger partial charge in [0.25, 0.3) is 0 Å². The fourth-order valence-electron chi connectivity index (χ4n) is 10.3. The van der Waals surface area contributed by atoms with E-state index in [0.717, 1.165) is 70.6 Å². The van der Waals surface area contributed by atoms with Crippen molar-refractivity contribution < 1.29 is 28.6 Å². The third kappa shape index (κ3) is 64.2. The molecule has 0 aliphatic rings. The van der Waals surface area contributed by atoms with E-state index in [0.29, 0.717) is 19.3 Å². The minimum Gasteiger partial charge on any atom is -0.462 e. The van der Waals surface area contributed by atoms with Gasteiger partial charge >= 0.3 is 17.9 Å². The van der Waals surface area contributed by atoms with Crippen LogP contribution in [-0.4, -0.2) is 37.2 Å². The van der Waals surface area contributed by atoms with Crippen LogP contribution in [0.25, 0.3) is 0 Å². The molecular formula is C72H132O6. The van der Waals surface area contributed by atoms with Gasteiger partial charge in [-0.3, -0.25) is 14.4 Å². The van der Waals surface area contributed by atoms with E-state index in [2.05, 4.69) is 69.4 Å². The quantitative estimate of drug-likeness (QED) is 0.0261. The molecule has 0 saturated heterocycles. The Labute approximate surface area is 486 Å². The predicted octanol–water partition coefficient (Wildman–Crippen LogP) is 23.7. The zero-order valence-corrected chi connectivity index (χ0v) is 52.5. The van der Waals surface area contributed by atoms with Gasteiger partial charge in [-0.05, 0) is 83.5 Å². The molecule has 78 heavy (non-hydrogen) atoms. The average molecular weight is 1090 g/mol. The van der Waals surface area contributed by atoms with Gasteiger partial charge in [0.05, 0.1) is 0 Å². The lowest BCUT2D eigenvalue weighted by Crippen LogP contribution is -2.30. The van der Waals surface area contributed by atoms with Gasteiger partial charge in [0, 0.05) is 19.3 Å². The summed E-state index contributed by atoms with van der Waals surface area (Å²) in [5, 5.41) is 0. The zero-order valence-electron chi connectivity index (χ0n) is 52.5. The summed E-state index contributed by atoms with van der Waals surface area (Å²) in [7, 11) is 0. The Kier molecular flexibility index (Phi) is 64.6. The Morgan fingerprint density at radius 2 is 0.462 bits per heavy atom. The Hall–Kier alpha value is -2.63. The van der Waals surface area contributed by atoms with Crippen molar-refractivity contribution in [2.24, 2.45) is 0 Å². The van der Waals surface area contributed by atoms with E-state index in [1.54, 1.807) is 0 Å². The molecule has 0 bridgehead atoms. The number of rotatable bonds is 64. The maximum absolute atomic E-state index is 12.9. The monoisotopic (exact) mass is 1090 g/mol. The van der Waals surface area contributed by atoms with Crippen molar-refractivity contribution in [1.82, 2.24) is 0 Å². The summed E-state index contributed by atoms with van der Waals surface area (Å²) >= 11 is 0. The van der Waals surface area contributed by atoms with E-state index in [1.807, 2.05) is 0 Å². The first-order chi connectivity index (χ1) is 38.5. The first-order valence-corrected chi connectivity index (χ1v) is 34.6. The molecule has 0 aliphatic heterocycles. The Balaban J connectivity index is 4.01. The summed E-state index contributed by atoms with van der Waals surface area (Å²) in [6.07, 6.45) is 84.7. The summed E-state index contributed by atoms with van der Waals surface area (Å²) in [5.41, 5.74) is 0. The third-order valence-corrected chi connectivity index (χ3v) is 15.6. The molecule has 0 rings (SSSR count). The molecule has 1 atom stereocenters. The number of hydrogen-bond acceptors (Lipinski definition) is 6. The van der Waals surface area contributed by atoms with E-state index in [1.165, 1.54) is 263 Å². The van der Waals surface area contributed by atoms with Gasteiger partial charge in [0.1, 0.15) is 13.2 Å². The van der Waals surface area contributed by atoms with Crippen LogP contribution in [0, 0.1) is 0 Å². The van der Waals surface area contributed by atoms with Crippen LogP contribution >= 0.6 is 0 Å². The van der Waals surface area contributed by atoms with Crippen LogP contribution in [0.2, 0.25) is 0 Å². The molecule has 0 aromatic rings. The first kappa shape index (κ1) is 75.4. The zero-order chi connectivity index (χ0) is 56.4. The lowest BCUT2D eigenvalue weighted by Gasteiger charge is -2.18. The van der Waals surface area contributed by atoms with Crippen LogP contribution in [0.3, 0.4) is 0 Å². The standard InChI is InChI=1S/C72H132O6/c1-4-7-10-13-16-18-20-22-24-26-28-30-32-34-35-36-37-39-40-42-44-46-48-50-52-54-56-59-62-65-71(74)77-68-69(67-76-70(73)64-61-58-15-12-9-6-3)78-72(75)66-63-60-57-55-53-51-49-47-45-43-41-38-33-31-29-27-25-23-21-19-17-14-11-8-5-2/h21,23,26-29,33,38,69H,4-20,22,24-25,30-32,34-37,39-68H2,1-3H3/b23-21-,28-26-,29-27-,38-33-. The van der Waals surface area contributed by atoms with Crippen molar-refractivity contribution >= 4 is 17.9 Å².